The fourth-order valence-corrected chi connectivity index (χ4v) is 1.51. The van der Waals surface area contributed by atoms with Crippen LogP contribution in [0.25, 0.3) is 10.8 Å². The average Bonchev–Trinajstić information content (AvgIpc) is 2.28. The number of nitrogens with zero attached hydrogens (tertiary/aromatic N) is 2. The van der Waals surface area contributed by atoms with E-state index in [4.69, 9.17) is 12.2 Å². The Morgan fingerprint density at radius 2 is 2.29 bits per heavy atom. The van der Waals surface area contributed by atoms with Crippen LogP contribution in [0.2, 0.25) is 0 Å². The molecule has 1 aromatic heterocycles. The first-order chi connectivity index (χ1) is 8.16. The van der Waals surface area contributed by atoms with Gasteiger partial charge in [-0.2, -0.15) is 5.10 Å². The molecular weight excluding hydrogens is 237 g/mol. The Labute approximate surface area is 103 Å². The number of aromatic nitrogens is 1. The van der Waals surface area contributed by atoms with Crippen LogP contribution in [0.4, 0.5) is 4.39 Å². The topological polar surface area (TPSA) is 37.3 Å². The number of hydrogen-bond donors (Lipinski definition) is 1. The lowest BCUT2D eigenvalue weighted by Gasteiger charge is -2.01. The third-order valence-electron chi connectivity index (χ3n) is 2.17. The van der Waals surface area contributed by atoms with E-state index in [0.29, 0.717) is 10.7 Å². The van der Waals surface area contributed by atoms with Gasteiger partial charge in [-0.15, -0.1) is 0 Å². The molecule has 3 nitrogen and oxygen atoms in total. The van der Waals surface area contributed by atoms with E-state index in [-0.39, 0.29) is 5.82 Å². The highest BCUT2D eigenvalue weighted by atomic mass is 32.1. The summed E-state index contributed by atoms with van der Waals surface area (Å²) >= 11 is 4.83. The van der Waals surface area contributed by atoms with Gasteiger partial charge in [0.25, 0.3) is 0 Å². The van der Waals surface area contributed by atoms with Gasteiger partial charge < -0.3 is 0 Å². The van der Waals surface area contributed by atoms with Gasteiger partial charge in [0.2, 0.25) is 0 Å². The van der Waals surface area contributed by atoms with Crippen LogP contribution in [-0.4, -0.2) is 16.2 Å². The molecule has 0 saturated carbocycles. The van der Waals surface area contributed by atoms with Gasteiger partial charge >= 0.3 is 0 Å². The van der Waals surface area contributed by atoms with Crippen LogP contribution in [0.15, 0.2) is 35.6 Å². The maximum Gasteiger partial charge on any atom is 0.123 e. The number of fused-ring (bicyclic) bond motifs is 1. The monoisotopic (exact) mass is 247 g/mol. The Hall–Kier alpha value is -1.88. The molecule has 0 aliphatic carbocycles. The van der Waals surface area contributed by atoms with E-state index in [2.05, 4.69) is 15.5 Å². The van der Waals surface area contributed by atoms with Crippen LogP contribution in [0.5, 0.6) is 0 Å². The highest BCUT2D eigenvalue weighted by Gasteiger charge is 2.00. The number of benzene rings is 1. The molecule has 1 heterocycles. The lowest BCUT2D eigenvalue weighted by molar-refractivity contribution is 0.629. The molecule has 5 heteroatoms. The van der Waals surface area contributed by atoms with E-state index in [0.717, 1.165) is 10.8 Å². The van der Waals surface area contributed by atoms with Crippen molar-refractivity contribution in [2.45, 2.75) is 6.92 Å². The molecule has 0 aliphatic heterocycles. The van der Waals surface area contributed by atoms with Crippen LogP contribution >= 0.6 is 12.2 Å². The number of halogens is 1. The average molecular weight is 247 g/mol. The number of hydrazone groups is 1. The largest absolute Gasteiger partial charge is 0.272 e. The summed E-state index contributed by atoms with van der Waals surface area (Å²) in [5.74, 6) is -0.264. The van der Waals surface area contributed by atoms with Crippen molar-refractivity contribution < 1.29 is 4.39 Å². The fraction of sp³-hybridized carbons (Fsp3) is 0.0833. The maximum absolute atomic E-state index is 13.0. The minimum absolute atomic E-state index is 0.264. The van der Waals surface area contributed by atoms with Crippen molar-refractivity contribution in [1.82, 2.24) is 10.4 Å². The van der Waals surface area contributed by atoms with Crippen molar-refractivity contribution >= 4 is 34.2 Å². The van der Waals surface area contributed by atoms with Crippen LogP contribution in [0, 0.1) is 5.82 Å². The Bertz CT molecular complexity index is 595. The van der Waals surface area contributed by atoms with E-state index in [1.165, 1.54) is 12.1 Å². The Kier molecular flexibility index (Phi) is 3.39. The Balaban J connectivity index is 2.40. The Morgan fingerprint density at radius 1 is 1.47 bits per heavy atom. The van der Waals surface area contributed by atoms with Crippen molar-refractivity contribution in [1.29, 1.82) is 0 Å². The van der Waals surface area contributed by atoms with Crippen LogP contribution in [0.1, 0.15) is 12.6 Å². The lowest BCUT2D eigenvalue weighted by atomic mass is 10.1. The Morgan fingerprint density at radius 3 is 3.06 bits per heavy atom. The van der Waals surface area contributed by atoms with Crippen molar-refractivity contribution in [3.8, 4) is 0 Å². The van der Waals surface area contributed by atoms with E-state index in [9.17, 15) is 4.39 Å². The number of rotatable bonds is 2. The molecule has 2 rings (SSSR count). The first kappa shape index (κ1) is 11.6. The van der Waals surface area contributed by atoms with Crippen molar-refractivity contribution in [2.24, 2.45) is 5.10 Å². The van der Waals surface area contributed by atoms with Crippen molar-refractivity contribution in [2.75, 3.05) is 0 Å². The maximum atomic E-state index is 13.0. The molecule has 1 N–H and O–H groups in total. The first-order valence-corrected chi connectivity index (χ1v) is 5.41. The molecule has 86 valence electrons. The van der Waals surface area contributed by atoms with E-state index < -0.39 is 0 Å². The number of hydrogen-bond acceptors (Lipinski definition) is 3. The molecule has 1 aromatic carbocycles. The van der Waals surface area contributed by atoms with Gasteiger partial charge in [-0.3, -0.25) is 10.4 Å². The van der Waals surface area contributed by atoms with E-state index >= 15 is 0 Å². The summed E-state index contributed by atoms with van der Waals surface area (Å²) in [5.41, 5.74) is 3.33. The molecule has 0 spiro atoms. The smallest absolute Gasteiger partial charge is 0.123 e. The highest BCUT2D eigenvalue weighted by molar-refractivity contribution is 7.80. The highest BCUT2D eigenvalue weighted by Crippen LogP contribution is 2.16. The zero-order valence-electron chi connectivity index (χ0n) is 9.14. The summed E-state index contributed by atoms with van der Waals surface area (Å²) in [7, 11) is 0. The van der Waals surface area contributed by atoms with E-state index in [1.807, 2.05) is 0 Å². The molecule has 0 fully saturated rings. The number of thiocarbonyl (C=S) groups is 1. The van der Waals surface area contributed by atoms with Crippen molar-refractivity contribution in [3.05, 3.63) is 42.0 Å². The van der Waals surface area contributed by atoms with Crippen LogP contribution < -0.4 is 5.43 Å². The minimum Gasteiger partial charge on any atom is -0.272 e. The summed E-state index contributed by atoms with van der Waals surface area (Å²) in [4.78, 5) is 4.75. The second-order valence-corrected chi connectivity index (χ2v) is 4.10. The predicted octanol–water partition coefficient (Wildman–Crippen LogP) is 2.64. The molecule has 0 radical (unpaired) electrons. The normalized spacial score (nSPS) is 10.9. The summed E-state index contributed by atoms with van der Waals surface area (Å²) in [6.07, 6.45) is 3.18. The van der Waals surface area contributed by atoms with Crippen LogP contribution in [-0.2, 0) is 0 Å². The number of pyridine rings is 1. The predicted molar refractivity (Wildman–Crippen MR) is 70.7 cm³/mol. The number of nitrogens with one attached hydrogen (secondary N) is 1. The third-order valence-corrected chi connectivity index (χ3v) is 2.26. The van der Waals surface area contributed by atoms with Gasteiger partial charge in [-0.05, 0) is 36.6 Å². The molecule has 17 heavy (non-hydrogen) atoms. The zero-order chi connectivity index (χ0) is 12.3. The van der Waals surface area contributed by atoms with Gasteiger partial charge in [-0.1, -0.05) is 12.2 Å². The van der Waals surface area contributed by atoms with Gasteiger partial charge in [-0.25, -0.2) is 4.39 Å². The quantitative estimate of drug-likeness (QED) is 0.503. The lowest BCUT2D eigenvalue weighted by Crippen LogP contribution is -2.10. The molecule has 0 atom stereocenters. The summed E-state index contributed by atoms with van der Waals surface area (Å²) in [6.45, 7) is 1.73. The van der Waals surface area contributed by atoms with Gasteiger partial charge in [0, 0.05) is 11.6 Å². The molecule has 0 saturated heterocycles. The summed E-state index contributed by atoms with van der Waals surface area (Å²) in [6, 6.07) is 6.31. The van der Waals surface area contributed by atoms with Gasteiger partial charge in [0.1, 0.15) is 5.82 Å². The van der Waals surface area contributed by atoms with Crippen molar-refractivity contribution in [3.63, 3.8) is 0 Å². The van der Waals surface area contributed by atoms with Gasteiger partial charge in [0.15, 0.2) is 0 Å². The summed E-state index contributed by atoms with van der Waals surface area (Å²) < 4.78 is 13.0. The standard InChI is InChI=1S/C12H10FN3S/c1-8(17)16-15-7-12-11-3-2-10(13)6-9(11)4-5-14-12/h2-7H,1H3,(H,16,17)/b15-7+. The molecule has 0 unspecified atom stereocenters. The second kappa shape index (κ2) is 4.97. The molecule has 0 bridgehead atoms. The second-order valence-electron chi connectivity index (χ2n) is 3.49. The molecular formula is C12H10FN3S. The minimum atomic E-state index is -0.264. The third kappa shape index (κ3) is 2.82. The zero-order valence-corrected chi connectivity index (χ0v) is 9.96. The molecule has 2 aromatic rings. The van der Waals surface area contributed by atoms with Crippen LogP contribution in [0.3, 0.4) is 0 Å². The SMILES string of the molecule is CC(=S)N/N=C/c1nccc2cc(F)ccc12. The summed E-state index contributed by atoms with van der Waals surface area (Å²) in [5, 5.41) is 5.58. The molecule has 0 amide bonds. The fourth-order valence-electron chi connectivity index (χ4n) is 1.46. The molecule has 0 aliphatic rings. The van der Waals surface area contributed by atoms with Gasteiger partial charge in [0.05, 0.1) is 16.9 Å². The van der Waals surface area contributed by atoms with E-state index in [1.54, 1.807) is 31.5 Å². The first-order valence-electron chi connectivity index (χ1n) is 5.01.